The topological polar surface area (TPSA) is 35.5 Å². The summed E-state index contributed by atoms with van der Waals surface area (Å²) < 4.78 is 22.2. The second-order valence-electron chi connectivity index (χ2n) is 4.38. The summed E-state index contributed by atoms with van der Waals surface area (Å²) in [5, 5.41) is 0. The molecule has 4 heteroatoms. The third-order valence-electron chi connectivity index (χ3n) is 1.94. The highest BCUT2D eigenvalue weighted by Gasteiger charge is 2.23. The zero-order chi connectivity index (χ0) is 12.2. The van der Waals surface area contributed by atoms with Crippen molar-refractivity contribution >= 4 is 10.8 Å². The highest BCUT2D eigenvalue weighted by molar-refractivity contribution is 7.86. The highest BCUT2D eigenvalue weighted by atomic mass is 32.2. The Bertz CT molecular complexity index is 369. The molecule has 0 saturated carbocycles. The minimum Gasteiger partial charge on any atom is -0.466 e. The van der Waals surface area contributed by atoms with Crippen LogP contribution in [-0.4, -0.2) is 22.9 Å². The van der Waals surface area contributed by atoms with Gasteiger partial charge in [-0.05, 0) is 32.9 Å². The van der Waals surface area contributed by atoms with Crippen molar-refractivity contribution in [3.05, 3.63) is 24.3 Å². The standard InChI is InChI=1S/C12H18O3S/c1-12(2,3)16(13)11-8-6-5-7-10(11)15-9-14-4/h5-8H,9H2,1-4H3/t16-/m0/s1. The molecule has 0 spiro atoms. The quantitative estimate of drug-likeness (QED) is 0.761. The first-order valence-corrected chi connectivity index (χ1v) is 6.24. The predicted octanol–water partition coefficient (Wildman–Crippen LogP) is 2.58. The van der Waals surface area contributed by atoms with Gasteiger partial charge in [-0.2, -0.15) is 0 Å². The molecule has 1 rings (SSSR count). The molecule has 0 unspecified atom stereocenters. The Hall–Kier alpha value is -0.870. The van der Waals surface area contributed by atoms with Gasteiger partial charge in [-0.25, -0.2) is 0 Å². The fourth-order valence-corrected chi connectivity index (χ4v) is 2.35. The van der Waals surface area contributed by atoms with E-state index in [0.29, 0.717) is 10.6 Å². The Morgan fingerprint density at radius 1 is 1.25 bits per heavy atom. The van der Waals surface area contributed by atoms with Crippen LogP contribution in [0.4, 0.5) is 0 Å². The largest absolute Gasteiger partial charge is 0.466 e. The smallest absolute Gasteiger partial charge is 0.188 e. The van der Waals surface area contributed by atoms with Crippen molar-refractivity contribution in [1.29, 1.82) is 0 Å². The van der Waals surface area contributed by atoms with E-state index in [0.717, 1.165) is 0 Å². The van der Waals surface area contributed by atoms with Crippen LogP contribution >= 0.6 is 0 Å². The van der Waals surface area contributed by atoms with Crippen LogP contribution in [-0.2, 0) is 15.5 Å². The van der Waals surface area contributed by atoms with Gasteiger partial charge in [-0.1, -0.05) is 12.1 Å². The summed E-state index contributed by atoms with van der Waals surface area (Å²) in [6, 6.07) is 7.34. The van der Waals surface area contributed by atoms with Gasteiger partial charge in [0, 0.05) is 11.9 Å². The Morgan fingerprint density at radius 2 is 1.88 bits per heavy atom. The maximum absolute atomic E-state index is 12.2. The third-order valence-corrected chi connectivity index (χ3v) is 3.79. The number of para-hydroxylation sites is 1. The second kappa shape index (κ2) is 5.46. The average Bonchev–Trinajstić information content (AvgIpc) is 2.24. The first-order chi connectivity index (χ1) is 7.46. The number of methoxy groups -OCH3 is 1. The van der Waals surface area contributed by atoms with E-state index in [4.69, 9.17) is 9.47 Å². The van der Waals surface area contributed by atoms with Crippen molar-refractivity contribution in [1.82, 2.24) is 0 Å². The number of hydrogen-bond acceptors (Lipinski definition) is 3. The first-order valence-electron chi connectivity index (χ1n) is 5.09. The van der Waals surface area contributed by atoms with E-state index in [2.05, 4.69) is 0 Å². The van der Waals surface area contributed by atoms with E-state index in [1.165, 1.54) is 0 Å². The van der Waals surface area contributed by atoms with Crippen LogP contribution < -0.4 is 4.74 Å². The Labute approximate surface area is 99.2 Å². The number of benzene rings is 1. The minimum atomic E-state index is -1.10. The lowest BCUT2D eigenvalue weighted by Crippen LogP contribution is -2.22. The lowest BCUT2D eigenvalue weighted by atomic mass is 10.3. The monoisotopic (exact) mass is 242 g/mol. The summed E-state index contributed by atoms with van der Waals surface area (Å²) >= 11 is 0. The number of ether oxygens (including phenoxy) is 2. The van der Waals surface area contributed by atoms with Crippen LogP contribution in [0.5, 0.6) is 5.75 Å². The summed E-state index contributed by atoms with van der Waals surface area (Å²) in [7, 11) is 0.463. The van der Waals surface area contributed by atoms with Gasteiger partial charge in [0.2, 0.25) is 0 Å². The first kappa shape index (κ1) is 13.2. The molecule has 0 aliphatic heterocycles. The molecule has 1 aromatic carbocycles. The molecule has 3 nitrogen and oxygen atoms in total. The summed E-state index contributed by atoms with van der Waals surface area (Å²) in [5.74, 6) is 0.623. The van der Waals surface area contributed by atoms with E-state index >= 15 is 0 Å². The number of hydrogen-bond donors (Lipinski definition) is 0. The summed E-state index contributed by atoms with van der Waals surface area (Å²) in [4.78, 5) is 0.715. The average molecular weight is 242 g/mol. The van der Waals surface area contributed by atoms with Gasteiger partial charge in [0.05, 0.1) is 15.7 Å². The van der Waals surface area contributed by atoms with E-state index < -0.39 is 10.8 Å². The van der Waals surface area contributed by atoms with Gasteiger partial charge in [0.25, 0.3) is 0 Å². The molecule has 0 bridgehead atoms. The summed E-state index contributed by atoms with van der Waals surface area (Å²) in [5.41, 5.74) is 0. The summed E-state index contributed by atoms with van der Waals surface area (Å²) in [6.45, 7) is 5.99. The van der Waals surface area contributed by atoms with Gasteiger partial charge in [-0.3, -0.25) is 4.21 Å². The van der Waals surface area contributed by atoms with Gasteiger partial charge < -0.3 is 9.47 Å². The minimum absolute atomic E-state index is 0.165. The van der Waals surface area contributed by atoms with Gasteiger partial charge in [0.1, 0.15) is 5.75 Å². The fourth-order valence-electron chi connectivity index (χ4n) is 1.17. The number of rotatable bonds is 4. The lowest BCUT2D eigenvalue weighted by molar-refractivity contribution is 0.0491. The van der Waals surface area contributed by atoms with E-state index in [9.17, 15) is 4.21 Å². The van der Waals surface area contributed by atoms with Crippen LogP contribution in [0.25, 0.3) is 0 Å². The van der Waals surface area contributed by atoms with Crippen molar-refractivity contribution in [3.8, 4) is 5.75 Å². The molecule has 0 N–H and O–H groups in total. The van der Waals surface area contributed by atoms with Crippen LogP contribution in [0.1, 0.15) is 20.8 Å². The summed E-state index contributed by atoms with van der Waals surface area (Å²) in [6.07, 6.45) is 0. The van der Waals surface area contributed by atoms with Crippen LogP contribution in [0.2, 0.25) is 0 Å². The van der Waals surface area contributed by atoms with Gasteiger partial charge in [-0.15, -0.1) is 0 Å². The predicted molar refractivity (Wildman–Crippen MR) is 65.1 cm³/mol. The molecule has 1 atom stereocenters. The van der Waals surface area contributed by atoms with Crippen molar-refractivity contribution in [3.63, 3.8) is 0 Å². The molecule has 0 saturated heterocycles. The maximum atomic E-state index is 12.2. The Kier molecular flexibility index (Phi) is 4.50. The molecule has 0 fully saturated rings. The molecule has 90 valence electrons. The molecular formula is C12H18O3S. The van der Waals surface area contributed by atoms with Crippen LogP contribution in [0.15, 0.2) is 29.2 Å². The Balaban J connectivity index is 2.99. The Morgan fingerprint density at radius 3 is 2.44 bits per heavy atom. The second-order valence-corrected chi connectivity index (χ2v) is 6.58. The molecule has 0 heterocycles. The van der Waals surface area contributed by atoms with Crippen LogP contribution in [0, 0.1) is 0 Å². The molecule has 0 aromatic heterocycles. The van der Waals surface area contributed by atoms with E-state index in [-0.39, 0.29) is 11.5 Å². The van der Waals surface area contributed by atoms with Gasteiger partial charge >= 0.3 is 0 Å². The van der Waals surface area contributed by atoms with Crippen molar-refractivity contribution in [2.75, 3.05) is 13.9 Å². The normalized spacial score (nSPS) is 13.5. The zero-order valence-electron chi connectivity index (χ0n) is 10.1. The van der Waals surface area contributed by atoms with E-state index in [1.54, 1.807) is 13.2 Å². The SMILES string of the molecule is COCOc1ccccc1[S@](=O)C(C)(C)C. The maximum Gasteiger partial charge on any atom is 0.188 e. The van der Waals surface area contributed by atoms with Crippen molar-refractivity contribution in [2.45, 2.75) is 30.4 Å². The van der Waals surface area contributed by atoms with Crippen LogP contribution in [0.3, 0.4) is 0 Å². The van der Waals surface area contributed by atoms with E-state index in [1.807, 2.05) is 39.0 Å². The molecule has 0 radical (unpaired) electrons. The fraction of sp³-hybridized carbons (Fsp3) is 0.500. The molecule has 0 amide bonds. The molecule has 0 aliphatic carbocycles. The lowest BCUT2D eigenvalue weighted by Gasteiger charge is -2.19. The highest BCUT2D eigenvalue weighted by Crippen LogP contribution is 2.28. The van der Waals surface area contributed by atoms with Crippen molar-refractivity contribution in [2.24, 2.45) is 0 Å². The molecule has 16 heavy (non-hydrogen) atoms. The van der Waals surface area contributed by atoms with Gasteiger partial charge in [0.15, 0.2) is 6.79 Å². The molecular weight excluding hydrogens is 224 g/mol. The molecule has 0 aliphatic rings. The third kappa shape index (κ3) is 3.32. The zero-order valence-corrected chi connectivity index (χ0v) is 11.0. The molecule has 1 aromatic rings. The van der Waals surface area contributed by atoms with Crippen molar-refractivity contribution < 1.29 is 13.7 Å².